The van der Waals surface area contributed by atoms with Crippen LogP contribution in [0, 0.1) is 0 Å². The Morgan fingerprint density at radius 3 is 2.65 bits per heavy atom. The highest BCUT2D eigenvalue weighted by Crippen LogP contribution is 2.36. The maximum absolute atomic E-state index is 13.0. The van der Waals surface area contributed by atoms with Gasteiger partial charge >= 0.3 is 6.18 Å². The Morgan fingerprint density at radius 1 is 1.35 bits per heavy atom. The molecule has 0 radical (unpaired) electrons. The van der Waals surface area contributed by atoms with Gasteiger partial charge in [0.15, 0.2) is 6.10 Å². The number of alkyl halides is 3. The van der Waals surface area contributed by atoms with E-state index in [-0.39, 0.29) is 23.7 Å². The molecule has 0 bridgehead atoms. The molecule has 1 aromatic rings. The van der Waals surface area contributed by atoms with Gasteiger partial charge in [-0.3, -0.25) is 4.79 Å². The van der Waals surface area contributed by atoms with Gasteiger partial charge in [0.05, 0.1) is 5.56 Å². The fraction of sp³-hybridized carbons (Fsp3) is 0.562. The van der Waals surface area contributed by atoms with Crippen molar-refractivity contribution in [1.29, 1.82) is 0 Å². The molecule has 0 aromatic heterocycles. The summed E-state index contributed by atoms with van der Waals surface area (Å²) in [5, 5.41) is 3.25. The maximum atomic E-state index is 13.0. The summed E-state index contributed by atoms with van der Waals surface area (Å²) >= 11 is 0. The van der Waals surface area contributed by atoms with E-state index in [4.69, 9.17) is 4.74 Å². The Morgan fingerprint density at radius 2 is 2.00 bits per heavy atom. The zero-order valence-electron chi connectivity index (χ0n) is 13.4. The van der Waals surface area contributed by atoms with Gasteiger partial charge in [0.1, 0.15) is 5.75 Å². The quantitative estimate of drug-likeness (QED) is 0.926. The van der Waals surface area contributed by atoms with Crippen LogP contribution in [0.3, 0.4) is 0 Å². The van der Waals surface area contributed by atoms with Gasteiger partial charge in [0, 0.05) is 25.2 Å². The Bertz CT molecular complexity index is 563. The normalized spacial score (nSPS) is 23.5. The summed E-state index contributed by atoms with van der Waals surface area (Å²) in [6.07, 6.45) is -5.50. The lowest BCUT2D eigenvalue weighted by molar-refractivity contribution is -0.145. The molecule has 1 amide bonds. The summed E-state index contributed by atoms with van der Waals surface area (Å²) < 4.78 is 44.3. The summed E-state index contributed by atoms with van der Waals surface area (Å²) in [7, 11) is 0. The highest BCUT2D eigenvalue weighted by atomic mass is 19.4. The van der Waals surface area contributed by atoms with Crippen LogP contribution < -0.4 is 10.1 Å². The first-order valence-electron chi connectivity index (χ1n) is 7.58. The van der Waals surface area contributed by atoms with Crippen molar-refractivity contribution in [2.24, 2.45) is 0 Å². The molecule has 1 fully saturated rings. The van der Waals surface area contributed by atoms with Crippen LogP contribution in [0.25, 0.3) is 0 Å². The smallest absolute Gasteiger partial charge is 0.419 e. The lowest BCUT2D eigenvalue weighted by Gasteiger charge is -2.39. The molecule has 1 saturated heterocycles. The van der Waals surface area contributed by atoms with Crippen LogP contribution in [0.1, 0.15) is 26.3 Å². The number of nitrogens with zero attached hydrogens (tertiary/aromatic N) is 1. The van der Waals surface area contributed by atoms with Crippen LogP contribution in [0.4, 0.5) is 13.2 Å². The van der Waals surface area contributed by atoms with Crippen molar-refractivity contribution in [2.45, 2.75) is 45.1 Å². The molecule has 7 heteroatoms. The van der Waals surface area contributed by atoms with Gasteiger partial charge in [-0.15, -0.1) is 0 Å². The standard InChI is InChI=1S/C16H21F3N2O2/c1-10-11(2)21(9-8-20-10)15(22)12(3)23-14-7-5-4-6-13(14)16(17,18)19/h4-7,10-12,20H,8-9H2,1-3H3. The van der Waals surface area contributed by atoms with E-state index in [1.165, 1.54) is 25.1 Å². The Hall–Kier alpha value is -1.76. The molecule has 3 atom stereocenters. The predicted octanol–water partition coefficient (Wildman–Crippen LogP) is 2.68. The summed E-state index contributed by atoms with van der Waals surface area (Å²) in [5.41, 5.74) is -0.874. The molecule has 1 aromatic carbocycles. The largest absolute Gasteiger partial charge is 0.480 e. The highest BCUT2D eigenvalue weighted by molar-refractivity contribution is 5.81. The van der Waals surface area contributed by atoms with E-state index in [0.717, 1.165) is 6.07 Å². The summed E-state index contributed by atoms with van der Waals surface area (Å²) in [4.78, 5) is 14.2. The van der Waals surface area contributed by atoms with Crippen molar-refractivity contribution in [3.05, 3.63) is 29.8 Å². The minimum absolute atomic E-state index is 0.0415. The van der Waals surface area contributed by atoms with Crippen molar-refractivity contribution in [3.63, 3.8) is 0 Å². The molecular weight excluding hydrogens is 309 g/mol. The van der Waals surface area contributed by atoms with Gasteiger partial charge in [-0.2, -0.15) is 13.2 Å². The van der Waals surface area contributed by atoms with Crippen molar-refractivity contribution < 1.29 is 22.7 Å². The Kier molecular flexibility index (Phi) is 5.19. The zero-order valence-corrected chi connectivity index (χ0v) is 13.4. The molecule has 0 spiro atoms. The number of para-hydroxylation sites is 1. The van der Waals surface area contributed by atoms with E-state index in [1.807, 2.05) is 13.8 Å². The summed E-state index contributed by atoms with van der Waals surface area (Å²) in [5.74, 6) is -0.625. The van der Waals surface area contributed by atoms with Crippen LogP contribution in [-0.4, -0.2) is 42.1 Å². The Balaban J connectivity index is 2.13. The van der Waals surface area contributed by atoms with Gasteiger partial charge in [0.25, 0.3) is 5.91 Å². The zero-order chi connectivity index (χ0) is 17.2. The molecule has 1 aliphatic heterocycles. The molecule has 3 unspecified atom stereocenters. The SMILES string of the molecule is CC(Oc1ccccc1C(F)(F)F)C(=O)N1CCNC(C)C1C. The molecule has 2 rings (SSSR count). The maximum Gasteiger partial charge on any atom is 0.419 e. The number of carbonyl (C=O) groups is 1. The van der Waals surface area contributed by atoms with E-state index in [2.05, 4.69) is 5.32 Å². The monoisotopic (exact) mass is 330 g/mol. The topological polar surface area (TPSA) is 41.6 Å². The number of benzene rings is 1. The number of carbonyl (C=O) groups excluding carboxylic acids is 1. The lowest BCUT2D eigenvalue weighted by atomic mass is 10.1. The predicted molar refractivity (Wildman–Crippen MR) is 80.2 cm³/mol. The summed E-state index contributed by atoms with van der Waals surface area (Å²) in [6, 6.07) is 5.01. The highest BCUT2D eigenvalue weighted by Gasteiger charge is 2.36. The van der Waals surface area contributed by atoms with Crippen LogP contribution in [0.15, 0.2) is 24.3 Å². The first kappa shape index (κ1) is 17.6. The number of ether oxygens (including phenoxy) is 1. The minimum Gasteiger partial charge on any atom is -0.480 e. The Labute approximate surface area is 133 Å². The van der Waals surface area contributed by atoms with Gasteiger partial charge < -0.3 is 15.0 Å². The molecule has 128 valence electrons. The van der Waals surface area contributed by atoms with Crippen molar-refractivity contribution in [3.8, 4) is 5.75 Å². The first-order chi connectivity index (χ1) is 10.7. The van der Waals surface area contributed by atoms with Crippen LogP contribution in [0.5, 0.6) is 5.75 Å². The average Bonchev–Trinajstić information content (AvgIpc) is 2.49. The second-order valence-electron chi connectivity index (χ2n) is 5.77. The van der Waals surface area contributed by atoms with E-state index in [0.29, 0.717) is 13.1 Å². The number of rotatable bonds is 3. The van der Waals surface area contributed by atoms with Crippen LogP contribution >= 0.6 is 0 Å². The van der Waals surface area contributed by atoms with Crippen LogP contribution in [-0.2, 0) is 11.0 Å². The fourth-order valence-electron chi connectivity index (χ4n) is 2.65. The van der Waals surface area contributed by atoms with E-state index < -0.39 is 17.8 Å². The van der Waals surface area contributed by atoms with E-state index >= 15 is 0 Å². The molecular formula is C16H21F3N2O2. The number of nitrogens with one attached hydrogen (secondary N) is 1. The van der Waals surface area contributed by atoms with Crippen molar-refractivity contribution in [1.82, 2.24) is 10.2 Å². The van der Waals surface area contributed by atoms with Gasteiger partial charge in [0.2, 0.25) is 0 Å². The third-order valence-electron chi connectivity index (χ3n) is 4.16. The number of hydrogen-bond donors (Lipinski definition) is 1. The van der Waals surface area contributed by atoms with Gasteiger partial charge in [-0.25, -0.2) is 0 Å². The number of amides is 1. The van der Waals surface area contributed by atoms with Crippen molar-refractivity contribution >= 4 is 5.91 Å². The fourth-order valence-corrected chi connectivity index (χ4v) is 2.65. The second-order valence-corrected chi connectivity index (χ2v) is 5.77. The van der Waals surface area contributed by atoms with Crippen molar-refractivity contribution in [2.75, 3.05) is 13.1 Å². The van der Waals surface area contributed by atoms with Crippen LogP contribution in [0.2, 0.25) is 0 Å². The molecule has 0 aliphatic carbocycles. The molecule has 23 heavy (non-hydrogen) atoms. The number of piperazine rings is 1. The molecule has 4 nitrogen and oxygen atoms in total. The molecule has 1 N–H and O–H groups in total. The average molecular weight is 330 g/mol. The molecule has 1 heterocycles. The van der Waals surface area contributed by atoms with Gasteiger partial charge in [-0.1, -0.05) is 12.1 Å². The van der Waals surface area contributed by atoms with E-state index in [9.17, 15) is 18.0 Å². The second kappa shape index (κ2) is 6.78. The molecule has 0 saturated carbocycles. The van der Waals surface area contributed by atoms with Gasteiger partial charge in [-0.05, 0) is 32.9 Å². The minimum atomic E-state index is -4.52. The van der Waals surface area contributed by atoms with E-state index in [1.54, 1.807) is 4.90 Å². The third kappa shape index (κ3) is 3.96. The molecule has 1 aliphatic rings. The summed E-state index contributed by atoms with van der Waals surface area (Å²) in [6.45, 7) is 6.52. The third-order valence-corrected chi connectivity index (χ3v) is 4.16. The lowest BCUT2D eigenvalue weighted by Crippen LogP contribution is -2.59. The number of hydrogen-bond acceptors (Lipinski definition) is 3. The number of halogens is 3. The first-order valence-corrected chi connectivity index (χ1v) is 7.58.